The van der Waals surface area contributed by atoms with Gasteiger partial charge in [0.25, 0.3) is 5.91 Å². The molecule has 36 heavy (non-hydrogen) atoms. The van der Waals surface area contributed by atoms with Crippen LogP contribution in [0.4, 0.5) is 13.2 Å². The second-order valence-electron chi connectivity index (χ2n) is 7.80. The molecule has 0 radical (unpaired) electrons. The molecule has 12 heteroatoms. The van der Waals surface area contributed by atoms with Crippen LogP contribution < -0.4 is 14.2 Å². The van der Waals surface area contributed by atoms with Crippen molar-refractivity contribution in [2.45, 2.75) is 20.0 Å². The summed E-state index contributed by atoms with van der Waals surface area (Å²) in [7, 11) is 1.45. The van der Waals surface area contributed by atoms with Crippen LogP contribution in [0.15, 0.2) is 52.1 Å². The van der Waals surface area contributed by atoms with Crippen molar-refractivity contribution in [1.82, 2.24) is 5.01 Å². The van der Waals surface area contributed by atoms with E-state index >= 15 is 0 Å². The van der Waals surface area contributed by atoms with E-state index in [1.54, 1.807) is 18.2 Å². The van der Waals surface area contributed by atoms with Gasteiger partial charge in [0, 0.05) is 0 Å². The molecule has 1 N–H and O–H groups in total. The van der Waals surface area contributed by atoms with Crippen LogP contribution in [0.5, 0.6) is 17.2 Å². The lowest BCUT2D eigenvalue weighted by Crippen LogP contribution is -2.35. The van der Waals surface area contributed by atoms with Gasteiger partial charge in [-0.15, -0.1) is 0 Å². The number of benzene rings is 2. The molecule has 4 rings (SSSR count). The normalized spacial score (nSPS) is 16.6. The highest BCUT2D eigenvalue weighted by Gasteiger charge is 2.46. The molecule has 0 aromatic heterocycles. The average molecular weight is 519 g/mol. The molecule has 2 aliphatic rings. The number of nitrogens with one attached hydrogen (secondary N) is 1. The van der Waals surface area contributed by atoms with Gasteiger partial charge in [0.15, 0.2) is 17.3 Å². The zero-order chi connectivity index (χ0) is 26.0. The van der Waals surface area contributed by atoms with Gasteiger partial charge in [0.05, 0.1) is 12.7 Å². The molecule has 0 bridgehead atoms. The summed E-state index contributed by atoms with van der Waals surface area (Å²) < 4.78 is 55.9. The van der Waals surface area contributed by atoms with Crippen LogP contribution in [0.1, 0.15) is 16.7 Å². The molecule has 8 nitrogen and oxygen atoms in total. The number of alkyl halides is 3. The first-order valence-electron chi connectivity index (χ1n) is 10.6. The van der Waals surface area contributed by atoms with Gasteiger partial charge in [-0.1, -0.05) is 18.2 Å². The number of amides is 1. The summed E-state index contributed by atoms with van der Waals surface area (Å²) in [6, 6.07) is 10.8. The van der Waals surface area contributed by atoms with Crippen molar-refractivity contribution in [3.63, 3.8) is 0 Å². The van der Waals surface area contributed by atoms with Crippen LogP contribution in [-0.4, -0.2) is 53.5 Å². The summed E-state index contributed by atoms with van der Waals surface area (Å²) in [5.41, 5.74) is 2.36. The fourth-order valence-electron chi connectivity index (χ4n) is 3.33. The first-order chi connectivity index (χ1) is 17.1. The first kappa shape index (κ1) is 25.3. The van der Waals surface area contributed by atoms with E-state index in [0.29, 0.717) is 28.7 Å². The number of carbonyl (C=O) groups is 1. The number of aliphatic imine (C=N–C) groups is 1. The van der Waals surface area contributed by atoms with E-state index in [4.69, 9.17) is 19.6 Å². The first-order valence-corrected chi connectivity index (χ1v) is 11.5. The van der Waals surface area contributed by atoms with Crippen molar-refractivity contribution in [2.75, 3.05) is 20.3 Å². The number of halogens is 3. The van der Waals surface area contributed by atoms with E-state index in [0.717, 1.165) is 16.9 Å². The van der Waals surface area contributed by atoms with E-state index < -0.39 is 23.0 Å². The van der Waals surface area contributed by atoms with Gasteiger partial charge in [-0.3, -0.25) is 10.2 Å². The Balaban J connectivity index is 1.46. The number of nitrogens with zero attached hydrogens (tertiary/aromatic N) is 3. The maximum Gasteiger partial charge on any atom is 0.441 e. The van der Waals surface area contributed by atoms with Crippen LogP contribution in [0.25, 0.3) is 6.08 Å². The molecular weight excluding hydrogens is 497 g/mol. The highest BCUT2D eigenvalue weighted by atomic mass is 32.2. The monoisotopic (exact) mass is 518 g/mol. The zero-order valence-electron chi connectivity index (χ0n) is 19.5. The van der Waals surface area contributed by atoms with Crippen LogP contribution in [-0.2, 0) is 4.79 Å². The molecule has 2 aliphatic heterocycles. The Hall–Kier alpha value is -3.80. The van der Waals surface area contributed by atoms with E-state index in [-0.39, 0.29) is 29.1 Å². The Morgan fingerprint density at radius 1 is 1.06 bits per heavy atom. The summed E-state index contributed by atoms with van der Waals surface area (Å²) in [6.45, 7) is 4.49. The number of aryl methyl sites for hydroxylation is 2. The molecule has 188 valence electrons. The quantitative estimate of drug-likeness (QED) is 0.412. The summed E-state index contributed by atoms with van der Waals surface area (Å²) in [6.07, 6.45) is -3.36. The third-order valence-electron chi connectivity index (χ3n) is 5.14. The SMILES string of the molecule is COc1cc(C=C2C(=N)N3N=C(C(F)(F)F)SC3=NC2=O)ccc1OCCOc1cc(C)ccc1C. The van der Waals surface area contributed by atoms with Crippen molar-refractivity contribution in [1.29, 1.82) is 5.41 Å². The predicted octanol–water partition coefficient (Wildman–Crippen LogP) is 4.95. The Kier molecular flexibility index (Phi) is 7.07. The van der Waals surface area contributed by atoms with E-state index in [1.807, 2.05) is 32.0 Å². The van der Waals surface area contributed by atoms with Crippen LogP contribution in [0.3, 0.4) is 0 Å². The second kappa shape index (κ2) is 10.1. The number of hydrogen-bond donors (Lipinski definition) is 1. The molecule has 2 aromatic rings. The molecule has 0 saturated heterocycles. The fourth-order valence-corrected chi connectivity index (χ4v) is 4.09. The summed E-state index contributed by atoms with van der Waals surface area (Å²) in [5, 5.41) is 10.8. The molecule has 1 amide bonds. The van der Waals surface area contributed by atoms with Gasteiger partial charge >= 0.3 is 6.18 Å². The van der Waals surface area contributed by atoms with Crippen LogP contribution in [0.2, 0.25) is 0 Å². The summed E-state index contributed by atoms with van der Waals surface area (Å²) in [5.74, 6) is 0.245. The number of methoxy groups -OCH3 is 1. The Labute approximate surface area is 208 Å². The fraction of sp³-hybridized carbons (Fsp3) is 0.250. The molecule has 0 aliphatic carbocycles. The molecule has 2 heterocycles. The number of rotatable bonds is 7. The maximum atomic E-state index is 13.0. The number of thioether (sulfide) groups is 1. The summed E-state index contributed by atoms with van der Waals surface area (Å²) in [4.78, 5) is 16.1. The second-order valence-corrected chi connectivity index (χ2v) is 8.76. The molecule has 0 unspecified atom stereocenters. The van der Waals surface area contributed by atoms with Crippen molar-refractivity contribution < 1.29 is 32.2 Å². The van der Waals surface area contributed by atoms with E-state index in [9.17, 15) is 18.0 Å². The highest BCUT2D eigenvalue weighted by Crippen LogP contribution is 2.36. The third kappa shape index (κ3) is 5.38. The average Bonchev–Trinajstić information content (AvgIpc) is 3.27. The van der Waals surface area contributed by atoms with Crippen molar-refractivity contribution in [2.24, 2.45) is 10.1 Å². The number of carbonyl (C=O) groups excluding carboxylic acids is 1. The minimum atomic E-state index is -4.70. The Bertz CT molecular complexity index is 1320. The van der Waals surface area contributed by atoms with Gasteiger partial charge in [-0.2, -0.15) is 28.3 Å². The lowest BCUT2D eigenvalue weighted by atomic mass is 10.1. The number of hydrogen-bond acceptors (Lipinski definition) is 7. The van der Waals surface area contributed by atoms with Crippen molar-refractivity contribution >= 4 is 39.8 Å². The smallest absolute Gasteiger partial charge is 0.441 e. The van der Waals surface area contributed by atoms with Crippen LogP contribution >= 0.6 is 11.8 Å². The number of fused-ring (bicyclic) bond motifs is 1. The topological polar surface area (TPSA) is 96.6 Å². The van der Waals surface area contributed by atoms with E-state index in [1.165, 1.54) is 13.2 Å². The van der Waals surface area contributed by atoms with Gasteiger partial charge in [-0.25, -0.2) is 0 Å². The Morgan fingerprint density at radius 2 is 1.78 bits per heavy atom. The minimum Gasteiger partial charge on any atom is -0.493 e. The number of hydrazone groups is 1. The van der Waals surface area contributed by atoms with Crippen molar-refractivity contribution in [3.8, 4) is 17.2 Å². The molecule has 0 atom stereocenters. The molecule has 0 saturated carbocycles. The third-order valence-corrected chi connectivity index (χ3v) is 6.09. The predicted molar refractivity (Wildman–Crippen MR) is 131 cm³/mol. The van der Waals surface area contributed by atoms with Gasteiger partial charge in [-0.05, 0) is 66.6 Å². The van der Waals surface area contributed by atoms with Crippen LogP contribution in [0, 0.1) is 19.3 Å². The zero-order valence-corrected chi connectivity index (χ0v) is 20.3. The number of ether oxygens (including phenoxy) is 3. The van der Waals surface area contributed by atoms with Gasteiger partial charge in [0.2, 0.25) is 10.2 Å². The molecular formula is C24H21F3N4O4S. The lowest BCUT2D eigenvalue weighted by Gasteiger charge is -2.20. The summed E-state index contributed by atoms with van der Waals surface area (Å²) >= 11 is 0.200. The van der Waals surface area contributed by atoms with Crippen molar-refractivity contribution in [3.05, 3.63) is 58.7 Å². The number of amidine groups is 2. The van der Waals surface area contributed by atoms with Gasteiger partial charge < -0.3 is 14.2 Å². The van der Waals surface area contributed by atoms with Gasteiger partial charge in [0.1, 0.15) is 19.0 Å². The highest BCUT2D eigenvalue weighted by molar-refractivity contribution is 8.27. The standard InChI is InChI=1S/C24H21F3N4O4S/c1-13-4-5-14(2)18(10-13)35-9-8-34-17-7-6-15(12-19(17)33-3)11-16-20(28)31-23(29-21(16)32)36-22(30-31)24(25,26)27/h4-7,10-12,28H,8-9H2,1-3H3. The maximum absolute atomic E-state index is 13.0. The molecule has 2 aromatic carbocycles. The minimum absolute atomic E-state index is 0.200. The molecule has 0 spiro atoms. The van der Waals surface area contributed by atoms with E-state index in [2.05, 4.69) is 10.1 Å². The molecule has 0 fully saturated rings. The Morgan fingerprint density at radius 3 is 2.47 bits per heavy atom. The largest absolute Gasteiger partial charge is 0.493 e. The lowest BCUT2D eigenvalue weighted by molar-refractivity contribution is -0.114.